The molecule has 0 amide bonds. The summed E-state index contributed by atoms with van der Waals surface area (Å²) in [5.41, 5.74) is 0. The molecule has 1 aliphatic carbocycles. The molecule has 2 N–H and O–H groups in total. The van der Waals surface area contributed by atoms with Gasteiger partial charge >= 0.3 is 0 Å². The normalized spacial score (nSPS) is 31.6. The molecule has 0 heterocycles. The molecule has 0 aromatic carbocycles. The van der Waals surface area contributed by atoms with Crippen molar-refractivity contribution in [2.75, 3.05) is 12.8 Å². The predicted octanol–water partition coefficient (Wildman–Crippen LogP) is 0.646. The van der Waals surface area contributed by atoms with E-state index in [0.717, 1.165) is 32.2 Å². The number of rotatable bonds is 5. The average molecular weight is 219 g/mol. The maximum absolute atomic E-state index is 11.1. The molecule has 14 heavy (non-hydrogen) atoms. The Kier molecular flexibility index (Phi) is 5.06. The van der Waals surface area contributed by atoms with Gasteiger partial charge in [-0.2, -0.15) is 0 Å². The Morgan fingerprint density at radius 1 is 1.57 bits per heavy atom. The molecule has 1 rings (SSSR count). The molecule has 4 heteroatoms. The second-order valence-electron chi connectivity index (χ2n) is 4.16. The third-order valence-electron chi connectivity index (χ3n) is 3.00. The van der Waals surface area contributed by atoms with Crippen molar-refractivity contribution in [2.45, 2.75) is 50.0 Å². The monoisotopic (exact) mass is 219 g/mol. The molecule has 0 aromatic heterocycles. The molecular formula is C10H21NO2S. The van der Waals surface area contributed by atoms with E-state index >= 15 is 0 Å². The van der Waals surface area contributed by atoms with Crippen molar-refractivity contribution < 1.29 is 9.32 Å². The molecular weight excluding hydrogens is 198 g/mol. The smallest absolute Gasteiger partial charge is 0.0693 e. The molecule has 84 valence electrons. The van der Waals surface area contributed by atoms with Crippen molar-refractivity contribution >= 4 is 10.8 Å². The topological polar surface area (TPSA) is 49.3 Å². The van der Waals surface area contributed by atoms with E-state index in [1.165, 1.54) is 0 Å². The Balaban J connectivity index is 2.11. The fourth-order valence-electron chi connectivity index (χ4n) is 1.82. The van der Waals surface area contributed by atoms with Crippen LogP contribution in [0, 0.1) is 0 Å². The van der Waals surface area contributed by atoms with E-state index in [1.54, 1.807) is 6.26 Å². The van der Waals surface area contributed by atoms with Gasteiger partial charge in [0.25, 0.3) is 0 Å². The molecule has 0 spiro atoms. The second-order valence-corrected chi connectivity index (χ2v) is 5.96. The SMILES string of the molecule is CC(CCNC1CCCC1O)S(C)=O. The first-order valence-electron chi connectivity index (χ1n) is 5.35. The zero-order valence-corrected chi connectivity index (χ0v) is 9.85. The van der Waals surface area contributed by atoms with Gasteiger partial charge in [0.2, 0.25) is 0 Å². The van der Waals surface area contributed by atoms with Gasteiger partial charge in [-0.1, -0.05) is 6.92 Å². The summed E-state index contributed by atoms with van der Waals surface area (Å²) in [4.78, 5) is 0. The minimum Gasteiger partial charge on any atom is -0.392 e. The molecule has 1 fully saturated rings. The van der Waals surface area contributed by atoms with Crippen molar-refractivity contribution in [1.29, 1.82) is 0 Å². The Labute approximate surface area is 88.7 Å². The third-order valence-corrected chi connectivity index (χ3v) is 4.37. The van der Waals surface area contributed by atoms with E-state index < -0.39 is 10.8 Å². The molecule has 0 saturated heterocycles. The van der Waals surface area contributed by atoms with Crippen molar-refractivity contribution in [3.63, 3.8) is 0 Å². The molecule has 0 radical (unpaired) electrons. The first-order valence-corrected chi connectivity index (χ1v) is 6.97. The predicted molar refractivity (Wildman–Crippen MR) is 59.8 cm³/mol. The minimum atomic E-state index is -0.725. The Hall–Kier alpha value is 0.0700. The zero-order valence-electron chi connectivity index (χ0n) is 9.03. The van der Waals surface area contributed by atoms with Crippen LogP contribution in [0.1, 0.15) is 32.6 Å². The van der Waals surface area contributed by atoms with Crippen LogP contribution in [0.5, 0.6) is 0 Å². The van der Waals surface area contributed by atoms with Gasteiger partial charge < -0.3 is 10.4 Å². The van der Waals surface area contributed by atoms with Crippen LogP contribution in [0.25, 0.3) is 0 Å². The van der Waals surface area contributed by atoms with Crippen molar-refractivity contribution in [3.05, 3.63) is 0 Å². The highest BCUT2D eigenvalue weighted by atomic mass is 32.2. The van der Waals surface area contributed by atoms with E-state index in [2.05, 4.69) is 5.32 Å². The molecule has 0 bridgehead atoms. The Bertz CT molecular complexity index is 199. The highest BCUT2D eigenvalue weighted by molar-refractivity contribution is 7.84. The van der Waals surface area contributed by atoms with Crippen LogP contribution >= 0.6 is 0 Å². The molecule has 0 aliphatic heterocycles. The summed E-state index contributed by atoms with van der Waals surface area (Å²) in [5, 5.41) is 13.1. The van der Waals surface area contributed by atoms with Crippen LogP contribution in [0.4, 0.5) is 0 Å². The maximum Gasteiger partial charge on any atom is 0.0693 e. The molecule has 0 aromatic rings. The summed E-state index contributed by atoms with van der Waals surface area (Å²) >= 11 is 0. The first kappa shape index (κ1) is 12.1. The van der Waals surface area contributed by atoms with Crippen LogP contribution in [-0.4, -0.2) is 39.5 Å². The fraction of sp³-hybridized carbons (Fsp3) is 1.00. The maximum atomic E-state index is 11.1. The fourth-order valence-corrected chi connectivity index (χ4v) is 2.27. The quantitative estimate of drug-likeness (QED) is 0.713. The van der Waals surface area contributed by atoms with Crippen molar-refractivity contribution in [2.24, 2.45) is 0 Å². The van der Waals surface area contributed by atoms with Gasteiger partial charge in [0.05, 0.1) is 6.10 Å². The van der Waals surface area contributed by atoms with Crippen LogP contribution in [-0.2, 0) is 10.8 Å². The van der Waals surface area contributed by atoms with E-state index in [4.69, 9.17) is 0 Å². The molecule has 3 nitrogen and oxygen atoms in total. The largest absolute Gasteiger partial charge is 0.392 e. The summed E-state index contributed by atoms with van der Waals surface area (Å²) in [6.45, 7) is 2.87. The highest BCUT2D eigenvalue weighted by Crippen LogP contribution is 2.18. The Morgan fingerprint density at radius 2 is 2.29 bits per heavy atom. The van der Waals surface area contributed by atoms with Gasteiger partial charge in [0.1, 0.15) is 0 Å². The Morgan fingerprint density at radius 3 is 2.79 bits per heavy atom. The average Bonchev–Trinajstić information content (AvgIpc) is 2.51. The van der Waals surface area contributed by atoms with E-state index in [1.807, 2.05) is 6.92 Å². The zero-order chi connectivity index (χ0) is 10.6. The highest BCUT2D eigenvalue weighted by Gasteiger charge is 2.24. The van der Waals surface area contributed by atoms with Gasteiger partial charge in [0.15, 0.2) is 0 Å². The lowest BCUT2D eigenvalue weighted by Crippen LogP contribution is -2.37. The lowest BCUT2D eigenvalue weighted by molar-refractivity contribution is 0.149. The van der Waals surface area contributed by atoms with Gasteiger partial charge in [0, 0.05) is 28.3 Å². The van der Waals surface area contributed by atoms with E-state index in [-0.39, 0.29) is 17.4 Å². The third kappa shape index (κ3) is 3.67. The number of nitrogens with one attached hydrogen (secondary N) is 1. The van der Waals surface area contributed by atoms with Gasteiger partial charge in [-0.05, 0) is 32.2 Å². The second kappa shape index (κ2) is 5.83. The van der Waals surface area contributed by atoms with Crippen LogP contribution < -0.4 is 5.32 Å². The van der Waals surface area contributed by atoms with Crippen LogP contribution in [0.2, 0.25) is 0 Å². The van der Waals surface area contributed by atoms with Crippen LogP contribution in [0.3, 0.4) is 0 Å². The molecule has 4 unspecified atom stereocenters. The summed E-state index contributed by atoms with van der Waals surface area (Å²) < 4.78 is 11.1. The summed E-state index contributed by atoms with van der Waals surface area (Å²) in [5.74, 6) is 0. The minimum absolute atomic E-state index is 0.169. The van der Waals surface area contributed by atoms with E-state index in [9.17, 15) is 9.32 Å². The molecule has 4 atom stereocenters. The number of hydrogen-bond acceptors (Lipinski definition) is 3. The lowest BCUT2D eigenvalue weighted by atomic mass is 10.2. The van der Waals surface area contributed by atoms with Crippen LogP contribution in [0.15, 0.2) is 0 Å². The summed E-state index contributed by atoms with van der Waals surface area (Å²) in [6.07, 6.45) is 5.62. The van der Waals surface area contributed by atoms with Gasteiger partial charge in [-0.15, -0.1) is 0 Å². The number of aliphatic hydroxyl groups is 1. The lowest BCUT2D eigenvalue weighted by Gasteiger charge is -2.17. The number of aliphatic hydroxyl groups excluding tert-OH is 1. The van der Waals surface area contributed by atoms with Crippen molar-refractivity contribution in [3.8, 4) is 0 Å². The standard InChI is InChI=1S/C10H21NO2S/c1-8(14(2)13)6-7-11-9-4-3-5-10(9)12/h8-12H,3-7H2,1-2H3. The van der Waals surface area contributed by atoms with Gasteiger partial charge in [-0.3, -0.25) is 4.21 Å². The van der Waals surface area contributed by atoms with Gasteiger partial charge in [-0.25, -0.2) is 0 Å². The van der Waals surface area contributed by atoms with Crippen molar-refractivity contribution in [1.82, 2.24) is 5.32 Å². The number of hydrogen-bond donors (Lipinski definition) is 2. The summed E-state index contributed by atoms with van der Waals surface area (Å²) in [7, 11) is -0.725. The molecule has 1 aliphatic rings. The first-order chi connectivity index (χ1) is 6.61. The summed E-state index contributed by atoms with van der Waals surface area (Å²) in [6, 6.07) is 0.271. The van der Waals surface area contributed by atoms with E-state index in [0.29, 0.717) is 0 Å². The molecule has 1 saturated carbocycles.